The number of hydrazone groups is 1. The van der Waals surface area contributed by atoms with Gasteiger partial charge in [0.2, 0.25) is 0 Å². The van der Waals surface area contributed by atoms with Gasteiger partial charge in [-0.15, -0.1) is 0 Å². The Labute approximate surface area is 254 Å². The van der Waals surface area contributed by atoms with E-state index in [1.165, 1.54) is 12.1 Å². The molecule has 41 heavy (non-hydrogen) atoms. The summed E-state index contributed by atoms with van der Waals surface area (Å²) in [5.41, 5.74) is 2.90. The average molecular weight is 661 g/mol. The van der Waals surface area contributed by atoms with Gasteiger partial charge in [0.1, 0.15) is 0 Å². The molecular weight excluding hydrogens is 637 g/mol. The molecule has 2 amide bonds. The van der Waals surface area contributed by atoms with Crippen molar-refractivity contribution in [2.45, 2.75) is 13.8 Å². The van der Waals surface area contributed by atoms with E-state index in [1.807, 2.05) is 0 Å². The fourth-order valence-electron chi connectivity index (χ4n) is 3.84. The maximum Gasteiger partial charge on any atom is 0.338 e. The number of halogens is 3. The molecule has 0 fully saturated rings. The summed E-state index contributed by atoms with van der Waals surface area (Å²) in [6.07, 6.45) is 1.68. The molecule has 0 unspecified atom stereocenters. The minimum absolute atomic E-state index is 0.275. The number of nitrogens with one attached hydrogen (secondary N) is 1. The molecule has 12 heteroatoms. The minimum atomic E-state index is -0.437. The van der Waals surface area contributed by atoms with Gasteiger partial charge in [-0.25, -0.2) is 4.79 Å². The van der Waals surface area contributed by atoms with Gasteiger partial charge < -0.3 is 19.5 Å². The molecule has 0 atom stereocenters. The van der Waals surface area contributed by atoms with Crippen molar-refractivity contribution < 1.29 is 28.6 Å². The van der Waals surface area contributed by atoms with E-state index in [-0.39, 0.29) is 19.1 Å². The molecule has 0 saturated heterocycles. The molecular formula is C29H24BrCl2N3O6. The molecule has 4 rings (SSSR count). The van der Waals surface area contributed by atoms with Gasteiger partial charge in [-0.2, -0.15) is 10.1 Å². The lowest BCUT2D eigenvalue weighted by Gasteiger charge is -2.14. The number of ether oxygens (including phenoxy) is 3. The maximum atomic E-state index is 13.2. The lowest BCUT2D eigenvalue weighted by Crippen LogP contribution is -2.21. The van der Waals surface area contributed by atoms with Gasteiger partial charge in [0, 0.05) is 5.69 Å². The summed E-state index contributed by atoms with van der Waals surface area (Å²) >= 11 is 15.6. The van der Waals surface area contributed by atoms with Crippen LogP contribution in [0.25, 0.3) is 6.08 Å². The number of amides is 2. The number of nitrogens with zero attached hydrogens (tertiary/aromatic N) is 2. The SMILES string of the molecule is CCOC(=O)c1ccc(NC(=O)COc2c(Br)cc(/C=C3/C(=O)N(c4ccc(Cl)c(Cl)c4)N=C3C)cc2OC)cc1. The highest BCUT2D eigenvalue weighted by atomic mass is 79.9. The number of methoxy groups -OCH3 is 1. The molecule has 1 N–H and O–H groups in total. The third kappa shape index (κ3) is 7.08. The molecule has 1 aliphatic heterocycles. The number of hydrogen-bond acceptors (Lipinski definition) is 7. The van der Waals surface area contributed by atoms with Crippen LogP contribution in [0.5, 0.6) is 11.5 Å². The Kier molecular flexibility index (Phi) is 9.69. The van der Waals surface area contributed by atoms with Crippen LogP contribution < -0.4 is 19.8 Å². The average Bonchev–Trinajstić information content (AvgIpc) is 3.22. The predicted octanol–water partition coefficient (Wildman–Crippen LogP) is 6.76. The number of anilines is 2. The normalized spacial score (nSPS) is 13.7. The summed E-state index contributed by atoms with van der Waals surface area (Å²) in [5, 5.41) is 9.03. The molecule has 0 radical (unpaired) electrons. The van der Waals surface area contributed by atoms with E-state index in [9.17, 15) is 14.4 Å². The topological polar surface area (TPSA) is 107 Å². The van der Waals surface area contributed by atoms with Crippen molar-refractivity contribution in [3.05, 3.63) is 85.8 Å². The Hall–Kier alpha value is -3.86. The maximum absolute atomic E-state index is 13.2. The van der Waals surface area contributed by atoms with E-state index in [2.05, 4.69) is 26.3 Å². The summed E-state index contributed by atoms with van der Waals surface area (Å²) in [6, 6.07) is 14.6. The van der Waals surface area contributed by atoms with E-state index in [1.54, 1.807) is 74.5 Å². The Morgan fingerprint density at radius 3 is 2.46 bits per heavy atom. The molecule has 0 aromatic heterocycles. The number of esters is 1. The van der Waals surface area contributed by atoms with E-state index < -0.39 is 11.9 Å². The second-order valence-electron chi connectivity index (χ2n) is 8.63. The molecule has 212 valence electrons. The predicted molar refractivity (Wildman–Crippen MR) is 162 cm³/mol. The summed E-state index contributed by atoms with van der Waals surface area (Å²) in [6.45, 7) is 3.42. The van der Waals surface area contributed by atoms with Crippen LogP contribution in [0.4, 0.5) is 11.4 Å². The van der Waals surface area contributed by atoms with Gasteiger partial charge in [-0.05, 0) is 96.0 Å². The van der Waals surface area contributed by atoms with Crippen molar-refractivity contribution >= 4 is 80.1 Å². The number of carbonyl (C=O) groups is 3. The first-order valence-corrected chi connectivity index (χ1v) is 13.8. The Bertz CT molecular complexity index is 1570. The van der Waals surface area contributed by atoms with Gasteiger partial charge in [-0.3, -0.25) is 9.59 Å². The van der Waals surface area contributed by atoms with Gasteiger partial charge in [0.15, 0.2) is 18.1 Å². The molecule has 0 saturated carbocycles. The first kappa shape index (κ1) is 30.1. The Balaban J connectivity index is 1.45. The monoisotopic (exact) mass is 659 g/mol. The van der Waals surface area contributed by atoms with Crippen molar-refractivity contribution in [2.24, 2.45) is 5.10 Å². The van der Waals surface area contributed by atoms with Crippen molar-refractivity contribution in [2.75, 3.05) is 30.6 Å². The van der Waals surface area contributed by atoms with Gasteiger partial charge in [0.05, 0.1) is 50.8 Å². The highest BCUT2D eigenvalue weighted by Crippen LogP contribution is 2.38. The number of benzene rings is 3. The largest absolute Gasteiger partial charge is 0.493 e. The summed E-state index contributed by atoms with van der Waals surface area (Å²) in [5.74, 6) is -0.529. The molecule has 0 aliphatic carbocycles. The highest BCUT2D eigenvalue weighted by molar-refractivity contribution is 9.10. The van der Waals surface area contributed by atoms with Crippen LogP contribution in [0, 0.1) is 0 Å². The van der Waals surface area contributed by atoms with Crippen molar-refractivity contribution in [3.8, 4) is 11.5 Å². The Morgan fingerprint density at radius 1 is 1.07 bits per heavy atom. The fraction of sp³-hybridized carbons (Fsp3) is 0.172. The standard InChI is InChI=1S/C29H24BrCl2N3O6/c1-4-40-29(38)18-5-7-19(8-6-18)33-26(36)15-41-27-22(30)12-17(13-25(27)39-3)11-21-16(2)34-35(28(21)37)20-9-10-23(31)24(32)14-20/h5-14H,4,15H2,1-3H3,(H,33,36)/b21-11+. The molecule has 0 spiro atoms. The zero-order chi connectivity index (χ0) is 29.7. The zero-order valence-corrected chi connectivity index (χ0v) is 25.3. The van der Waals surface area contributed by atoms with Crippen LogP contribution in [0.15, 0.2) is 69.7 Å². The van der Waals surface area contributed by atoms with E-state index >= 15 is 0 Å². The Morgan fingerprint density at radius 2 is 1.80 bits per heavy atom. The number of carbonyl (C=O) groups excluding carboxylic acids is 3. The third-order valence-corrected chi connectivity index (χ3v) is 7.13. The highest BCUT2D eigenvalue weighted by Gasteiger charge is 2.29. The first-order valence-electron chi connectivity index (χ1n) is 12.3. The van der Waals surface area contributed by atoms with Crippen LogP contribution >= 0.6 is 39.1 Å². The van der Waals surface area contributed by atoms with Crippen LogP contribution in [0.2, 0.25) is 10.0 Å². The minimum Gasteiger partial charge on any atom is -0.493 e. The number of hydrogen-bond donors (Lipinski definition) is 1. The van der Waals surface area contributed by atoms with Crippen LogP contribution in [-0.2, 0) is 14.3 Å². The zero-order valence-electron chi connectivity index (χ0n) is 22.2. The lowest BCUT2D eigenvalue weighted by atomic mass is 10.1. The van der Waals surface area contributed by atoms with Gasteiger partial charge >= 0.3 is 5.97 Å². The van der Waals surface area contributed by atoms with Crippen LogP contribution in [0.1, 0.15) is 29.8 Å². The van der Waals surface area contributed by atoms with E-state index in [0.29, 0.717) is 59.8 Å². The molecule has 9 nitrogen and oxygen atoms in total. The second-order valence-corrected chi connectivity index (χ2v) is 10.3. The molecule has 3 aromatic carbocycles. The number of rotatable bonds is 9. The molecule has 1 aliphatic rings. The molecule has 1 heterocycles. The van der Waals surface area contributed by atoms with Gasteiger partial charge in [0.25, 0.3) is 11.8 Å². The van der Waals surface area contributed by atoms with Crippen molar-refractivity contribution in [1.82, 2.24) is 0 Å². The summed E-state index contributed by atoms with van der Waals surface area (Å²) in [4.78, 5) is 37.5. The molecule has 3 aromatic rings. The quantitative estimate of drug-likeness (QED) is 0.201. The second kappa shape index (κ2) is 13.2. The van der Waals surface area contributed by atoms with Gasteiger partial charge in [-0.1, -0.05) is 23.2 Å². The van der Waals surface area contributed by atoms with Crippen LogP contribution in [-0.4, -0.2) is 43.8 Å². The van der Waals surface area contributed by atoms with Crippen molar-refractivity contribution in [3.63, 3.8) is 0 Å². The van der Waals surface area contributed by atoms with Crippen molar-refractivity contribution in [1.29, 1.82) is 0 Å². The smallest absolute Gasteiger partial charge is 0.338 e. The van der Waals surface area contributed by atoms with Crippen LogP contribution in [0.3, 0.4) is 0 Å². The van der Waals surface area contributed by atoms with E-state index in [4.69, 9.17) is 37.4 Å². The third-order valence-electron chi connectivity index (χ3n) is 5.80. The summed E-state index contributed by atoms with van der Waals surface area (Å²) in [7, 11) is 1.47. The molecule has 0 bridgehead atoms. The first-order chi connectivity index (χ1) is 19.6. The van der Waals surface area contributed by atoms with E-state index in [0.717, 1.165) is 0 Å². The fourth-order valence-corrected chi connectivity index (χ4v) is 4.71. The summed E-state index contributed by atoms with van der Waals surface area (Å²) < 4.78 is 16.7. The lowest BCUT2D eigenvalue weighted by molar-refractivity contribution is -0.118.